The molecule has 0 saturated carbocycles. The Labute approximate surface area is 154 Å². The number of unbranched alkanes of at least 4 members (excludes halogenated alkanes) is 1. The minimum Gasteiger partial charge on any atom is -0.356 e. The van der Waals surface area contributed by atoms with Crippen LogP contribution in [-0.2, 0) is 0 Å². The van der Waals surface area contributed by atoms with Gasteiger partial charge in [-0.1, -0.05) is 6.42 Å². The molecule has 0 amide bonds. The minimum absolute atomic E-state index is 0. The predicted molar refractivity (Wildman–Crippen MR) is 99.6 cm³/mol. The van der Waals surface area contributed by atoms with Crippen LogP contribution in [0.25, 0.3) is 0 Å². The van der Waals surface area contributed by atoms with Crippen molar-refractivity contribution in [2.45, 2.75) is 57.7 Å². The fraction of sp³-hybridized carbons (Fsp3) is 0.933. The Kier molecular flexibility index (Phi) is 12.0. The Morgan fingerprint density at radius 2 is 1.87 bits per heavy atom. The van der Waals surface area contributed by atoms with Gasteiger partial charge in [0.1, 0.15) is 0 Å². The van der Waals surface area contributed by atoms with Gasteiger partial charge in [-0.05, 0) is 45.7 Å². The summed E-state index contributed by atoms with van der Waals surface area (Å²) in [6.07, 6.45) is 1.02. The lowest BCUT2D eigenvalue weighted by molar-refractivity contribution is -0.132. The summed E-state index contributed by atoms with van der Waals surface area (Å²) in [7, 11) is 1.57. The lowest BCUT2D eigenvalue weighted by Gasteiger charge is -2.33. The average molecular weight is 450 g/mol. The first-order chi connectivity index (χ1) is 10.4. The molecule has 8 heteroatoms. The second kappa shape index (κ2) is 12.2. The fourth-order valence-electron chi connectivity index (χ4n) is 2.68. The molecule has 0 bridgehead atoms. The number of halogens is 4. The van der Waals surface area contributed by atoms with Gasteiger partial charge >= 0.3 is 6.18 Å². The first kappa shape index (κ1) is 22.8. The number of likely N-dealkylation sites (tertiary alicyclic amines) is 1. The zero-order valence-electron chi connectivity index (χ0n) is 14.1. The molecule has 1 heterocycles. The monoisotopic (exact) mass is 450 g/mol. The van der Waals surface area contributed by atoms with Gasteiger partial charge in [0.25, 0.3) is 0 Å². The van der Waals surface area contributed by atoms with E-state index < -0.39 is 12.6 Å². The molecule has 1 saturated heterocycles. The molecule has 1 aliphatic rings. The van der Waals surface area contributed by atoms with Crippen LogP contribution in [0, 0.1) is 0 Å². The molecule has 0 spiro atoms. The number of alkyl halides is 3. The van der Waals surface area contributed by atoms with Crippen LogP contribution >= 0.6 is 24.0 Å². The van der Waals surface area contributed by atoms with E-state index in [0.717, 1.165) is 25.9 Å². The van der Waals surface area contributed by atoms with Crippen molar-refractivity contribution in [3.8, 4) is 0 Å². The predicted octanol–water partition coefficient (Wildman–Crippen LogP) is 3.38. The van der Waals surface area contributed by atoms with E-state index in [1.165, 1.54) is 25.8 Å². The zero-order valence-corrected chi connectivity index (χ0v) is 16.4. The van der Waals surface area contributed by atoms with Crippen LogP contribution in [0.4, 0.5) is 13.2 Å². The molecule has 0 aromatic carbocycles. The van der Waals surface area contributed by atoms with Gasteiger partial charge in [-0.25, -0.2) is 0 Å². The zero-order chi connectivity index (χ0) is 16.4. The number of guanidine groups is 1. The van der Waals surface area contributed by atoms with Crippen molar-refractivity contribution in [1.82, 2.24) is 15.5 Å². The molecule has 1 rings (SSSR count). The Morgan fingerprint density at radius 3 is 2.48 bits per heavy atom. The molecule has 0 aromatic heterocycles. The summed E-state index contributed by atoms with van der Waals surface area (Å²) in [6, 6.07) is 0.679. The summed E-state index contributed by atoms with van der Waals surface area (Å²) < 4.78 is 36.2. The van der Waals surface area contributed by atoms with Gasteiger partial charge in [0, 0.05) is 26.2 Å². The third-order valence-corrected chi connectivity index (χ3v) is 4.03. The van der Waals surface area contributed by atoms with Gasteiger partial charge in [-0.3, -0.25) is 4.99 Å². The SMILES string of the molecule is CN=C(NCCCCN1CCCCC1C)NCCC(F)(F)F.I. The van der Waals surface area contributed by atoms with Crippen LogP contribution in [0.2, 0.25) is 0 Å². The maximum Gasteiger partial charge on any atom is 0.390 e. The number of hydrogen-bond donors (Lipinski definition) is 2. The summed E-state index contributed by atoms with van der Waals surface area (Å²) >= 11 is 0. The topological polar surface area (TPSA) is 39.7 Å². The molecule has 138 valence electrons. The molecular formula is C15H30F3IN4. The third kappa shape index (κ3) is 11.0. The summed E-state index contributed by atoms with van der Waals surface area (Å²) in [5.74, 6) is 0.440. The number of hydrogen-bond acceptors (Lipinski definition) is 2. The molecule has 1 fully saturated rings. The van der Waals surface area contributed by atoms with Crippen molar-refractivity contribution < 1.29 is 13.2 Å². The van der Waals surface area contributed by atoms with E-state index in [4.69, 9.17) is 0 Å². The highest BCUT2D eigenvalue weighted by Crippen LogP contribution is 2.18. The van der Waals surface area contributed by atoms with Crippen LogP contribution in [0.15, 0.2) is 4.99 Å². The maximum absolute atomic E-state index is 12.1. The number of nitrogens with one attached hydrogen (secondary N) is 2. The highest BCUT2D eigenvalue weighted by atomic mass is 127. The van der Waals surface area contributed by atoms with Gasteiger partial charge in [0.05, 0.1) is 6.42 Å². The number of nitrogens with zero attached hydrogens (tertiary/aromatic N) is 2. The first-order valence-electron chi connectivity index (χ1n) is 8.17. The van der Waals surface area contributed by atoms with Crippen LogP contribution in [-0.4, -0.2) is 56.3 Å². The van der Waals surface area contributed by atoms with E-state index in [9.17, 15) is 13.2 Å². The highest BCUT2D eigenvalue weighted by Gasteiger charge is 2.26. The summed E-state index contributed by atoms with van der Waals surface area (Å²) in [6.45, 7) is 5.16. The van der Waals surface area contributed by atoms with Crippen LogP contribution in [0.5, 0.6) is 0 Å². The van der Waals surface area contributed by atoms with Crippen molar-refractivity contribution in [3.63, 3.8) is 0 Å². The normalized spacial score (nSPS) is 20.0. The smallest absolute Gasteiger partial charge is 0.356 e. The van der Waals surface area contributed by atoms with Crippen molar-refractivity contribution in [1.29, 1.82) is 0 Å². The van der Waals surface area contributed by atoms with E-state index in [-0.39, 0.29) is 30.5 Å². The molecule has 1 unspecified atom stereocenters. The quantitative estimate of drug-likeness (QED) is 0.271. The molecular weight excluding hydrogens is 420 g/mol. The van der Waals surface area contributed by atoms with E-state index in [2.05, 4.69) is 27.4 Å². The standard InChI is InChI=1S/C15H29F3N4.HI/c1-13-7-3-5-11-22(13)12-6-4-9-20-14(19-2)21-10-8-15(16,17)18;/h13H,3-12H2,1-2H3,(H2,19,20,21);1H. The summed E-state index contributed by atoms with van der Waals surface area (Å²) in [5.41, 5.74) is 0. The number of rotatable bonds is 7. The molecule has 1 atom stereocenters. The summed E-state index contributed by atoms with van der Waals surface area (Å²) in [5, 5.41) is 5.74. The minimum atomic E-state index is -4.13. The van der Waals surface area contributed by atoms with Crippen molar-refractivity contribution in [2.75, 3.05) is 33.2 Å². The largest absolute Gasteiger partial charge is 0.390 e. The Hall–Kier alpha value is -0.250. The molecule has 1 aliphatic heterocycles. The second-order valence-electron chi connectivity index (χ2n) is 5.88. The van der Waals surface area contributed by atoms with Crippen molar-refractivity contribution >= 4 is 29.9 Å². The van der Waals surface area contributed by atoms with Crippen LogP contribution in [0.1, 0.15) is 45.4 Å². The first-order valence-corrected chi connectivity index (χ1v) is 8.17. The van der Waals surface area contributed by atoms with E-state index in [1.807, 2.05) is 0 Å². The molecule has 23 heavy (non-hydrogen) atoms. The molecule has 4 nitrogen and oxygen atoms in total. The van der Waals surface area contributed by atoms with Gasteiger partial charge in [-0.15, -0.1) is 24.0 Å². The van der Waals surface area contributed by atoms with Gasteiger partial charge in [-0.2, -0.15) is 13.2 Å². The van der Waals surface area contributed by atoms with E-state index in [0.29, 0.717) is 12.0 Å². The fourth-order valence-corrected chi connectivity index (χ4v) is 2.68. The van der Waals surface area contributed by atoms with Crippen LogP contribution < -0.4 is 10.6 Å². The number of aliphatic imine (C=N–C) groups is 1. The average Bonchev–Trinajstić information content (AvgIpc) is 2.45. The van der Waals surface area contributed by atoms with E-state index in [1.54, 1.807) is 7.05 Å². The third-order valence-electron chi connectivity index (χ3n) is 4.03. The highest BCUT2D eigenvalue weighted by molar-refractivity contribution is 14.0. The summed E-state index contributed by atoms with van der Waals surface area (Å²) in [4.78, 5) is 6.45. The van der Waals surface area contributed by atoms with Crippen LogP contribution in [0.3, 0.4) is 0 Å². The van der Waals surface area contributed by atoms with Gasteiger partial charge in [0.2, 0.25) is 0 Å². The lowest BCUT2D eigenvalue weighted by Crippen LogP contribution is -2.40. The maximum atomic E-state index is 12.1. The van der Waals surface area contributed by atoms with Crippen molar-refractivity contribution in [2.24, 2.45) is 4.99 Å². The number of piperidine rings is 1. The Morgan fingerprint density at radius 1 is 1.17 bits per heavy atom. The Bertz CT molecular complexity index is 337. The van der Waals surface area contributed by atoms with Gasteiger partial charge in [0.15, 0.2) is 5.96 Å². The Balaban J connectivity index is 0.00000484. The van der Waals surface area contributed by atoms with Crippen molar-refractivity contribution in [3.05, 3.63) is 0 Å². The van der Waals surface area contributed by atoms with E-state index >= 15 is 0 Å². The lowest BCUT2D eigenvalue weighted by atomic mass is 10.0. The second-order valence-corrected chi connectivity index (χ2v) is 5.88. The molecule has 0 aromatic rings. The van der Waals surface area contributed by atoms with Gasteiger partial charge < -0.3 is 15.5 Å². The molecule has 0 aliphatic carbocycles. The molecule has 2 N–H and O–H groups in total. The molecule has 0 radical (unpaired) electrons.